The number of hydrogen-bond donors (Lipinski definition) is 2. The maximum atomic E-state index is 4.76. The lowest BCUT2D eigenvalue weighted by atomic mass is 10.1. The number of anilines is 2. The molecule has 0 spiro atoms. The fraction of sp³-hybridized carbons (Fsp3) is 0.211. The number of fused-ring (bicyclic) bond motifs is 1. The summed E-state index contributed by atoms with van der Waals surface area (Å²) < 4.78 is 4.76. The van der Waals surface area contributed by atoms with Gasteiger partial charge in [-0.25, -0.2) is 14.6 Å². The number of rotatable bonds is 7. The molecule has 1 atom stereocenters. The Labute approximate surface area is 156 Å². The van der Waals surface area contributed by atoms with Gasteiger partial charge < -0.3 is 10.6 Å². The monoisotopic (exact) mass is 361 g/mol. The minimum absolute atomic E-state index is 0.0666. The third-order valence-corrected chi connectivity index (χ3v) is 4.24. The van der Waals surface area contributed by atoms with Crippen LogP contribution in [0, 0.1) is 0 Å². The largest absolute Gasteiger partial charge is 0.363 e. The van der Waals surface area contributed by atoms with Crippen LogP contribution in [0.2, 0.25) is 0 Å². The Morgan fingerprint density at radius 2 is 1.63 bits per heavy atom. The maximum absolute atomic E-state index is 4.76. The van der Waals surface area contributed by atoms with Gasteiger partial charge in [-0.2, -0.15) is 0 Å². The van der Waals surface area contributed by atoms with E-state index in [0.717, 1.165) is 17.5 Å². The Morgan fingerprint density at radius 3 is 2.33 bits per heavy atom. The summed E-state index contributed by atoms with van der Waals surface area (Å²) in [5.74, 6) is 1.22. The normalized spacial score (nSPS) is 12.0. The SMILES string of the molecule is CC[C@H](Nc1nc2nonc2nc1NCc1ccccc1)c1ccncc1. The predicted octanol–water partition coefficient (Wildman–Crippen LogP) is 3.58. The van der Waals surface area contributed by atoms with E-state index in [4.69, 9.17) is 4.63 Å². The topological polar surface area (TPSA) is 102 Å². The summed E-state index contributed by atoms with van der Waals surface area (Å²) in [6.07, 6.45) is 4.44. The van der Waals surface area contributed by atoms with Gasteiger partial charge in [0.15, 0.2) is 11.6 Å². The molecule has 8 heteroatoms. The van der Waals surface area contributed by atoms with Gasteiger partial charge in [-0.05, 0) is 40.0 Å². The standard InChI is InChI=1S/C19H19N7O/c1-2-15(14-8-10-20-11-9-14)22-17-16(21-12-13-6-4-3-5-7-13)23-18-19(24-17)26-27-25-18/h3-11,15H,2,12H2,1H3,(H,21,23,25)(H,22,24,26)/t15-/m0/s1. The highest BCUT2D eigenvalue weighted by Gasteiger charge is 2.17. The smallest absolute Gasteiger partial charge is 0.245 e. The van der Waals surface area contributed by atoms with E-state index in [1.165, 1.54) is 0 Å². The third-order valence-electron chi connectivity index (χ3n) is 4.24. The molecule has 136 valence electrons. The van der Waals surface area contributed by atoms with Gasteiger partial charge in [0.05, 0.1) is 6.04 Å². The maximum Gasteiger partial charge on any atom is 0.245 e. The molecule has 1 aromatic carbocycles. The Balaban J connectivity index is 1.63. The summed E-state index contributed by atoms with van der Waals surface area (Å²) in [6, 6.07) is 14.1. The number of hydrogen-bond acceptors (Lipinski definition) is 8. The first kappa shape index (κ1) is 16.9. The molecular formula is C19H19N7O. The molecule has 3 heterocycles. The van der Waals surface area contributed by atoms with Crippen molar-refractivity contribution < 1.29 is 4.63 Å². The molecule has 8 nitrogen and oxygen atoms in total. The first-order chi connectivity index (χ1) is 13.3. The summed E-state index contributed by atoms with van der Waals surface area (Å²) >= 11 is 0. The Hall–Kier alpha value is -3.55. The number of aromatic nitrogens is 5. The van der Waals surface area contributed by atoms with Gasteiger partial charge >= 0.3 is 0 Å². The number of nitrogens with one attached hydrogen (secondary N) is 2. The lowest BCUT2D eigenvalue weighted by Crippen LogP contribution is -2.14. The zero-order chi connectivity index (χ0) is 18.5. The van der Waals surface area contributed by atoms with Crippen molar-refractivity contribution in [2.24, 2.45) is 0 Å². The van der Waals surface area contributed by atoms with E-state index >= 15 is 0 Å². The van der Waals surface area contributed by atoms with Gasteiger partial charge in [-0.1, -0.05) is 37.3 Å². The Bertz CT molecular complexity index is 1000. The number of benzene rings is 1. The highest BCUT2D eigenvalue weighted by molar-refractivity contribution is 5.73. The molecule has 0 aliphatic rings. The van der Waals surface area contributed by atoms with Crippen molar-refractivity contribution in [2.45, 2.75) is 25.9 Å². The lowest BCUT2D eigenvalue weighted by molar-refractivity contribution is 0.314. The minimum atomic E-state index is 0.0666. The van der Waals surface area contributed by atoms with E-state index in [1.54, 1.807) is 12.4 Å². The van der Waals surface area contributed by atoms with Crippen molar-refractivity contribution in [1.29, 1.82) is 0 Å². The van der Waals surface area contributed by atoms with Crippen LogP contribution < -0.4 is 10.6 Å². The van der Waals surface area contributed by atoms with E-state index in [1.807, 2.05) is 30.3 Å². The van der Waals surface area contributed by atoms with Crippen molar-refractivity contribution in [1.82, 2.24) is 25.3 Å². The summed E-state index contributed by atoms with van der Waals surface area (Å²) in [5, 5.41) is 14.4. The van der Waals surface area contributed by atoms with Crippen LogP contribution in [0.25, 0.3) is 11.3 Å². The second kappa shape index (κ2) is 7.77. The highest BCUT2D eigenvalue weighted by atomic mass is 16.6. The van der Waals surface area contributed by atoms with Crippen LogP contribution in [0.5, 0.6) is 0 Å². The molecule has 0 fully saturated rings. The Kier molecular flexibility index (Phi) is 4.86. The molecular weight excluding hydrogens is 342 g/mol. The first-order valence-electron chi connectivity index (χ1n) is 8.78. The van der Waals surface area contributed by atoms with Crippen molar-refractivity contribution in [2.75, 3.05) is 10.6 Å². The molecule has 0 radical (unpaired) electrons. The molecule has 0 saturated carbocycles. The zero-order valence-corrected chi connectivity index (χ0v) is 14.8. The predicted molar refractivity (Wildman–Crippen MR) is 102 cm³/mol. The fourth-order valence-corrected chi connectivity index (χ4v) is 2.83. The van der Waals surface area contributed by atoms with E-state index in [-0.39, 0.29) is 6.04 Å². The number of pyridine rings is 1. The molecule has 4 rings (SSSR count). The molecule has 0 aliphatic heterocycles. The van der Waals surface area contributed by atoms with Crippen molar-refractivity contribution in [3.63, 3.8) is 0 Å². The second-order valence-electron chi connectivity index (χ2n) is 6.06. The van der Waals surface area contributed by atoms with Gasteiger partial charge in [0.25, 0.3) is 0 Å². The highest BCUT2D eigenvalue weighted by Crippen LogP contribution is 2.26. The van der Waals surface area contributed by atoms with Crippen LogP contribution in [0.4, 0.5) is 11.6 Å². The minimum Gasteiger partial charge on any atom is -0.363 e. The zero-order valence-electron chi connectivity index (χ0n) is 14.8. The molecule has 0 unspecified atom stereocenters. The molecule has 4 aromatic rings. The summed E-state index contributed by atoms with van der Waals surface area (Å²) in [4.78, 5) is 13.1. The molecule has 27 heavy (non-hydrogen) atoms. The van der Waals surface area contributed by atoms with E-state index < -0.39 is 0 Å². The fourth-order valence-electron chi connectivity index (χ4n) is 2.83. The average molecular weight is 361 g/mol. The van der Waals surface area contributed by atoms with Crippen LogP contribution in [0.15, 0.2) is 59.5 Å². The molecule has 0 aliphatic carbocycles. The second-order valence-corrected chi connectivity index (χ2v) is 6.06. The van der Waals surface area contributed by atoms with E-state index in [0.29, 0.717) is 29.5 Å². The molecule has 0 bridgehead atoms. The van der Waals surface area contributed by atoms with Crippen LogP contribution in [0.1, 0.15) is 30.5 Å². The van der Waals surface area contributed by atoms with Crippen molar-refractivity contribution in [3.05, 3.63) is 66.0 Å². The first-order valence-corrected chi connectivity index (χ1v) is 8.78. The molecule has 0 amide bonds. The quantitative estimate of drug-likeness (QED) is 0.515. The summed E-state index contributed by atoms with van der Waals surface area (Å²) in [6.45, 7) is 2.73. The lowest BCUT2D eigenvalue weighted by Gasteiger charge is -2.19. The van der Waals surface area contributed by atoms with Gasteiger partial charge in [-0.15, -0.1) is 0 Å². The van der Waals surface area contributed by atoms with Crippen molar-refractivity contribution in [3.8, 4) is 0 Å². The van der Waals surface area contributed by atoms with E-state index in [2.05, 4.69) is 55.0 Å². The van der Waals surface area contributed by atoms with Gasteiger partial charge in [-0.3, -0.25) is 4.98 Å². The van der Waals surface area contributed by atoms with Gasteiger partial charge in [0.2, 0.25) is 11.3 Å². The molecule has 3 aromatic heterocycles. The van der Waals surface area contributed by atoms with Crippen LogP contribution in [-0.4, -0.2) is 25.3 Å². The van der Waals surface area contributed by atoms with Gasteiger partial charge in [0, 0.05) is 18.9 Å². The number of nitrogens with zero attached hydrogens (tertiary/aromatic N) is 5. The van der Waals surface area contributed by atoms with Crippen LogP contribution >= 0.6 is 0 Å². The van der Waals surface area contributed by atoms with E-state index in [9.17, 15) is 0 Å². The molecule has 0 saturated heterocycles. The molecule has 2 N–H and O–H groups in total. The van der Waals surface area contributed by atoms with Crippen LogP contribution in [0.3, 0.4) is 0 Å². The van der Waals surface area contributed by atoms with Crippen LogP contribution in [-0.2, 0) is 6.54 Å². The van der Waals surface area contributed by atoms with Crippen molar-refractivity contribution >= 4 is 22.9 Å². The summed E-state index contributed by atoms with van der Waals surface area (Å²) in [5.41, 5.74) is 3.01. The summed E-state index contributed by atoms with van der Waals surface area (Å²) in [7, 11) is 0. The average Bonchev–Trinajstić information content (AvgIpc) is 3.18. The third kappa shape index (κ3) is 3.84. The Morgan fingerprint density at radius 1 is 0.926 bits per heavy atom. The van der Waals surface area contributed by atoms with Gasteiger partial charge in [0.1, 0.15) is 0 Å².